The minimum Gasteiger partial charge on any atom is -0.463 e. The molecule has 0 radical (unpaired) electrons. The van der Waals surface area contributed by atoms with Gasteiger partial charge in [-0.15, -0.1) is 0 Å². The molecule has 12 heteroatoms. The zero-order chi connectivity index (χ0) is 27.2. The fraction of sp³-hybridized carbons (Fsp3) is 0.875. The van der Waals surface area contributed by atoms with Crippen LogP contribution in [0.15, 0.2) is 0 Å². The third kappa shape index (κ3) is 4.70. The highest BCUT2D eigenvalue weighted by molar-refractivity contribution is 8.00. The average Bonchev–Trinajstić information content (AvgIpc) is 3.32. The number of unbranched alkanes of at least 4 members (excludes halogenated alkanes) is 1. The number of rotatable bonds is 9. The van der Waals surface area contributed by atoms with Crippen molar-refractivity contribution in [3.05, 3.63) is 0 Å². The van der Waals surface area contributed by atoms with Gasteiger partial charge in [0.15, 0.2) is 0 Å². The fourth-order valence-electron chi connectivity index (χ4n) is 5.73. The van der Waals surface area contributed by atoms with Gasteiger partial charge in [-0.3, -0.25) is 9.59 Å². The summed E-state index contributed by atoms with van der Waals surface area (Å²) in [7, 11) is 0. The van der Waals surface area contributed by atoms with Crippen LogP contribution >= 0.6 is 11.8 Å². The molecule has 6 N–H and O–H groups in total. The number of fused-ring (bicyclic) bond motifs is 1. The number of ether oxygens (including phenoxy) is 2. The number of amides is 3. The second kappa shape index (κ2) is 9.94. The molecule has 3 saturated heterocycles. The van der Waals surface area contributed by atoms with Crippen molar-refractivity contribution in [2.45, 2.75) is 113 Å². The van der Waals surface area contributed by atoms with Crippen LogP contribution in [0.2, 0.25) is 0 Å². The monoisotopic (exact) mass is 531 g/mol. The third-order valence-electron chi connectivity index (χ3n) is 8.75. The second-order valence-electron chi connectivity index (χ2n) is 11.2. The Balaban J connectivity index is 1.61. The lowest BCUT2D eigenvalue weighted by Gasteiger charge is -2.67. The number of aliphatic hydroxyl groups excluding tert-OH is 1. The maximum atomic E-state index is 12.6. The van der Waals surface area contributed by atoms with Gasteiger partial charge in [-0.05, 0) is 47.5 Å². The minimum atomic E-state index is -1.98. The van der Waals surface area contributed by atoms with Crippen LogP contribution in [-0.4, -0.2) is 97.5 Å². The van der Waals surface area contributed by atoms with E-state index in [-0.39, 0.29) is 31.1 Å². The molecule has 3 heterocycles. The number of aliphatic hydroxyl groups is 3. The zero-order valence-electron chi connectivity index (χ0n) is 22.0. The molecule has 0 bridgehead atoms. The summed E-state index contributed by atoms with van der Waals surface area (Å²) in [5, 5.41) is 41.8. The van der Waals surface area contributed by atoms with E-state index in [9.17, 15) is 29.7 Å². The minimum absolute atomic E-state index is 0.121. The quantitative estimate of drug-likeness (QED) is 0.138. The number of carbonyl (C=O) groups is 3. The Morgan fingerprint density at radius 1 is 1.11 bits per heavy atom. The standard InChI is InChI=1S/C24H41N3O8S/c1-14(29)27-22(4)21(3,35-20(2,12-28)23(5,32)24(22,6)33)13-34-17(30)10-8-7-9-16-18-15(11-36-16)25-19(31)26-18/h15-16,18,28,32-33H,7-13H2,1-6H3,(H,27,29)(H2,25,26,31)/t15-,16?,18-,20?,21-,22+,23+,24?/m0/s1. The molecule has 0 saturated carbocycles. The highest BCUT2D eigenvalue weighted by atomic mass is 32.2. The molecule has 3 aliphatic heterocycles. The number of nitrogens with one attached hydrogen (secondary N) is 3. The largest absolute Gasteiger partial charge is 0.463 e. The van der Waals surface area contributed by atoms with E-state index in [2.05, 4.69) is 16.0 Å². The Bertz CT molecular complexity index is 885. The number of urea groups is 1. The molecule has 8 atom stereocenters. The van der Waals surface area contributed by atoms with Crippen molar-refractivity contribution >= 4 is 29.7 Å². The molecule has 0 aromatic heterocycles. The van der Waals surface area contributed by atoms with Gasteiger partial charge in [-0.2, -0.15) is 11.8 Å². The van der Waals surface area contributed by atoms with Crippen LogP contribution in [0.5, 0.6) is 0 Å². The molecule has 0 aromatic carbocycles. The van der Waals surface area contributed by atoms with Crippen LogP contribution in [-0.2, 0) is 19.1 Å². The Morgan fingerprint density at radius 2 is 1.78 bits per heavy atom. The third-order valence-corrected chi connectivity index (χ3v) is 10.3. The first kappa shape index (κ1) is 29.0. The first-order valence-corrected chi connectivity index (χ1v) is 13.5. The van der Waals surface area contributed by atoms with Gasteiger partial charge in [0, 0.05) is 24.3 Å². The fourth-order valence-corrected chi connectivity index (χ4v) is 7.27. The van der Waals surface area contributed by atoms with Crippen molar-refractivity contribution in [3.63, 3.8) is 0 Å². The zero-order valence-corrected chi connectivity index (χ0v) is 22.8. The lowest BCUT2D eigenvalue weighted by Crippen LogP contribution is -2.88. The number of hydrogen-bond acceptors (Lipinski definition) is 9. The van der Waals surface area contributed by atoms with Gasteiger partial charge >= 0.3 is 12.0 Å². The van der Waals surface area contributed by atoms with Gasteiger partial charge in [0.05, 0.1) is 18.7 Å². The van der Waals surface area contributed by atoms with E-state index in [1.54, 1.807) is 6.92 Å². The van der Waals surface area contributed by atoms with Gasteiger partial charge in [-0.1, -0.05) is 6.42 Å². The van der Waals surface area contributed by atoms with E-state index in [4.69, 9.17) is 9.47 Å². The van der Waals surface area contributed by atoms with Crippen molar-refractivity contribution < 1.29 is 39.2 Å². The van der Waals surface area contributed by atoms with E-state index >= 15 is 0 Å². The van der Waals surface area contributed by atoms with E-state index in [1.165, 1.54) is 34.6 Å². The lowest BCUT2D eigenvalue weighted by atomic mass is 9.56. The van der Waals surface area contributed by atoms with Crippen molar-refractivity contribution in [1.82, 2.24) is 16.0 Å². The molecular formula is C24H41N3O8S. The Labute approximate surface area is 216 Å². The van der Waals surface area contributed by atoms with Gasteiger partial charge < -0.3 is 40.7 Å². The predicted molar refractivity (Wildman–Crippen MR) is 133 cm³/mol. The Morgan fingerprint density at radius 3 is 2.39 bits per heavy atom. The topological polar surface area (TPSA) is 166 Å². The van der Waals surface area contributed by atoms with Gasteiger partial charge in [-0.25, -0.2) is 4.79 Å². The molecule has 3 fully saturated rings. The Hall–Kier alpha value is -1.60. The lowest BCUT2D eigenvalue weighted by molar-refractivity contribution is -0.372. The summed E-state index contributed by atoms with van der Waals surface area (Å²) >= 11 is 1.82. The van der Waals surface area contributed by atoms with Crippen molar-refractivity contribution in [3.8, 4) is 0 Å². The number of esters is 1. The molecule has 0 spiro atoms. The maximum absolute atomic E-state index is 12.6. The summed E-state index contributed by atoms with van der Waals surface area (Å²) in [6.07, 6.45) is 2.45. The molecular weight excluding hydrogens is 490 g/mol. The average molecular weight is 532 g/mol. The van der Waals surface area contributed by atoms with E-state index < -0.39 is 46.4 Å². The van der Waals surface area contributed by atoms with Crippen LogP contribution in [0.3, 0.4) is 0 Å². The SMILES string of the molecule is CC(=O)N[C@@]1(C)C(C)(O)[C@](C)(O)C(C)(CO)O[C@@]1(C)COC(=O)CCCCC1SC[C@@H]2NC(=O)N[C@H]12. The smallest absolute Gasteiger partial charge is 0.315 e. The normalized spacial score (nSPS) is 43.9. The van der Waals surface area contributed by atoms with E-state index in [0.29, 0.717) is 11.7 Å². The summed E-state index contributed by atoms with van der Waals surface area (Å²) in [6.45, 7) is 7.61. The van der Waals surface area contributed by atoms with Crippen LogP contribution < -0.4 is 16.0 Å². The Kier molecular flexibility index (Phi) is 7.99. The number of hydrogen-bond donors (Lipinski definition) is 6. The second-order valence-corrected chi connectivity index (χ2v) is 12.5. The summed E-state index contributed by atoms with van der Waals surface area (Å²) in [5.74, 6) is -0.0472. The highest BCUT2D eigenvalue weighted by Crippen LogP contribution is 2.53. The molecule has 3 aliphatic rings. The van der Waals surface area contributed by atoms with Crippen molar-refractivity contribution in [1.29, 1.82) is 0 Å². The molecule has 36 heavy (non-hydrogen) atoms. The molecule has 3 unspecified atom stereocenters. The summed E-state index contributed by atoms with van der Waals surface area (Å²) in [5.41, 5.74) is -8.64. The number of thioether (sulfide) groups is 1. The molecule has 3 rings (SSSR count). The van der Waals surface area contributed by atoms with Crippen LogP contribution in [0.25, 0.3) is 0 Å². The van der Waals surface area contributed by atoms with Gasteiger partial charge in [0.2, 0.25) is 5.91 Å². The summed E-state index contributed by atoms with van der Waals surface area (Å²) < 4.78 is 11.7. The summed E-state index contributed by atoms with van der Waals surface area (Å²) in [4.78, 5) is 36.2. The first-order valence-electron chi connectivity index (χ1n) is 12.4. The van der Waals surface area contributed by atoms with E-state index in [0.717, 1.165) is 18.6 Å². The van der Waals surface area contributed by atoms with Crippen molar-refractivity contribution in [2.75, 3.05) is 19.0 Å². The predicted octanol–water partition coefficient (Wildman–Crippen LogP) is 0.192. The van der Waals surface area contributed by atoms with Gasteiger partial charge in [0.1, 0.15) is 34.6 Å². The maximum Gasteiger partial charge on any atom is 0.315 e. The summed E-state index contributed by atoms with van der Waals surface area (Å²) in [6, 6.07) is 0.158. The van der Waals surface area contributed by atoms with Gasteiger partial charge in [0.25, 0.3) is 0 Å². The van der Waals surface area contributed by atoms with Crippen LogP contribution in [0.1, 0.15) is 67.2 Å². The number of carbonyl (C=O) groups excluding carboxylic acids is 3. The molecule has 3 amide bonds. The van der Waals surface area contributed by atoms with Crippen LogP contribution in [0, 0.1) is 0 Å². The molecule has 11 nitrogen and oxygen atoms in total. The van der Waals surface area contributed by atoms with E-state index in [1.807, 2.05) is 11.8 Å². The van der Waals surface area contributed by atoms with Crippen LogP contribution in [0.4, 0.5) is 4.79 Å². The van der Waals surface area contributed by atoms with Crippen molar-refractivity contribution in [2.24, 2.45) is 0 Å². The highest BCUT2D eigenvalue weighted by Gasteiger charge is 2.74. The molecule has 206 valence electrons. The molecule has 0 aliphatic carbocycles. The first-order chi connectivity index (χ1) is 16.5. The molecule has 0 aromatic rings.